The van der Waals surface area contributed by atoms with Crippen molar-refractivity contribution in [1.29, 1.82) is 0 Å². The van der Waals surface area contributed by atoms with Gasteiger partial charge in [-0.25, -0.2) is 0 Å². The van der Waals surface area contributed by atoms with Crippen molar-refractivity contribution in [2.75, 3.05) is 13.1 Å². The molecule has 4 rings (SSSR count). The lowest BCUT2D eigenvalue weighted by atomic mass is 10.1. The summed E-state index contributed by atoms with van der Waals surface area (Å²) in [5.74, 6) is 0. The molecule has 0 amide bonds. The van der Waals surface area contributed by atoms with E-state index in [4.69, 9.17) is 0 Å². The van der Waals surface area contributed by atoms with Crippen molar-refractivity contribution in [2.45, 2.75) is 32.0 Å². The molecule has 2 aromatic heterocycles. The van der Waals surface area contributed by atoms with Crippen LogP contribution in [0.3, 0.4) is 0 Å². The fourth-order valence-electron chi connectivity index (χ4n) is 3.04. The maximum absolute atomic E-state index is 4.45. The first-order chi connectivity index (χ1) is 8.90. The Kier molecular flexibility index (Phi) is 2.26. The van der Waals surface area contributed by atoms with Crippen LogP contribution in [0.25, 0.3) is 0 Å². The third-order valence-electron chi connectivity index (χ3n) is 4.05. The van der Waals surface area contributed by atoms with Crippen molar-refractivity contribution in [1.82, 2.24) is 24.5 Å². The van der Waals surface area contributed by atoms with Crippen LogP contribution in [-0.2, 0) is 19.5 Å². The Morgan fingerprint density at radius 1 is 1.28 bits per heavy atom. The molecule has 5 nitrogen and oxygen atoms in total. The zero-order chi connectivity index (χ0) is 11.9. The van der Waals surface area contributed by atoms with Crippen LogP contribution in [0.15, 0.2) is 24.7 Å². The van der Waals surface area contributed by atoms with E-state index in [-0.39, 0.29) is 0 Å². The van der Waals surface area contributed by atoms with Gasteiger partial charge in [-0.05, 0) is 18.9 Å². The number of rotatable bonds is 3. The number of fused-ring (bicyclic) bond motifs is 1. The first-order valence-corrected chi connectivity index (χ1v) is 6.65. The van der Waals surface area contributed by atoms with Crippen molar-refractivity contribution in [3.63, 3.8) is 0 Å². The largest absolute Gasteiger partial charge is 0.295 e. The molecule has 18 heavy (non-hydrogen) atoms. The Balaban J connectivity index is 1.40. The number of aromatic nitrogens is 4. The maximum atomic E-state index is 4.45. The molecule has 1 fully saturated rings. The first kappa shape index (κ1) is 10.3. The lowest BCUT2D eigenvalue weighted by Crippen LogP contribution is -2.47. The van der Waals surface area contributed by atoms with Crippen LogP contribution in [0, 0.1) is 0 Å². The van der Waals surface area contributed by atoms with Crippen LogP contribution in [0.5, 0.6) is 0 Å². The second kappa shape index (κ2) is 3.95. The third kappa shape index (κ3) is 1.58. The number of nitrogens with zero attached hydrogens (tertiary/aromatic N) is 5. The molecule has 0 aliphatic carbocycles. The van der Waals surface area contributed by atoms with E-state index in [9.17, 15) is 0 Å². The second-order valence-corrected chi connectivity index (χ2v) is 5.28. The SMILES string of the molecule is c1cnn(C2CN(Cc3cnn4c3CCC4)C2)c1. The molecule has 2 aliphatic heterocycles. The van der Waals surface area contributed by atoms with E-state index in [1.165, 1.54) is 24.1 Å². The number of likely N-dealkylation sites (tertiary alicyclic amines) is 1. The van der Waals surface area contributed by atoms with Crippen LogP contribution in [0.4, 0.5) is 0 Å². The second-order valence-electron chi connectivity index (χ2n) is 5.28. The van der Waals surface area contributed by atoms with E-state index in [0.29, 0.717) is 6.04 Å². The van der Waals surface area contributed by atoms with Gasteiger partial charge in [-0.15, -0.1) is 0 Å². The van der Waals surface area contributed by atoms with Crippen LogP contribution in [-0.4, -0.2) is 37.6 Å². The highest BCUT2D eigenvalue weighted by Crippen LogP contribution is 2.25. The monoisotopic (exact) mass is 243 g/mol. The molecular weight excluding hydrogens is 226 g/mol. The average Bonchev–Trinajstić information content (AvgIpc) is 3.01. The molecule has 0 atom stereocenters. The Hall–Kier alpha value is -1.62. The molecule has 0 aromatic carbocycles. The number of hydrogen-bond acceptors (Lipinski definition) is 3. The molecule has 1 saturated heterocycles. The first-order valence-electron chi connectivity index (χ1n) is 6.65. The average molecular weight is 243 g/mol. The van der Waals surface area contributed by atoms with Crippen LogP contribution in [0.2, 0.25) is 0 Å². The van der Waals surface area contributed by atoms with Gasteiger partial charge in [-0.3, -0.25) is 14.3 Å². The lowest BCUT2D eigenvalue weighted by Gasteiger charge is -2.39. The van der Waals surface area contributed by atoms with Gasteiger partial charge in [0.15, 0.2) is 0 Å². The summed E-state index contributed by atoms with van der Waals surface area (Å²) in [4.78, 5) is 2.47. The topological polar surface area (TPSA) is 38.9 Å². The Labute approximate surface area is 106 Å². The molecule has 0 spiro atoms. The van der Waals surface area contributed by atoms with Gasteiger partial charge in [0.1, 0.15) is 0 Å². The summed E-state index contributed by atoms with van der Waals surface area (Å²) in [5, 5.41) is 8.75. The molecule has 0 saturated carbocycles. The van der Waals surface area contributed by atoms with Gasteiger partial charge in [-0.1, -0.05) is 0 Å². The summed E-state index contributed by atoms with van der Waals surface area (Å²) >= 11 is 0. The highest BCUT2D eigenvalue weighted by Gasteiger charge is 2.29. The third-order valence-corrected chi connectivity index (χ3v) is 4.05. The van der Waals surface area contributed by atoms with Crippen molar-refractivity contribution in [3.8, 4) is 0 Å². The molecule has 2 aliphatic rings. The fourth-order valence-corrected chi connectivity index (χ4v) is 3.04. The zero-order valence-electron chi connectivity index (χ0n) is 10.4. The molecule has 0 unspecified atom stereocenters. The van der Waals surface area contributed by atoms with Gasteiger partial charge >= 0.3 is 0 Å². The van der Waals surface area contributed by atoms with Gasteiger partial charge in [0.05, 0.1) is 12.2 Å². The zero-order valence-corrected chi connectivity index (χ0v) is 10.4. The van der Waals surface area contributed by atoms with Gasteiger partial charge in [0, 0.05) is 49.8 Å². The fraction of sp³-hybridized carbons (Fsp3) is 0.538. The van der Waals surface area contributed by atoms with Crippen LogP contribution < -0.4 is 0 Å². The van der Waals surface area contributed by atoms with E-state index in [1.54, 1.807) is 0 Å². The summed E-state index contributed by atoms with van der Waals surface area (Å²) < 4.78 is 4.24. The predicted octanol–water partition coefficient (Wildman–Crippen LogP) is 1.08. The minimum Gasteiger partial charge on any atom is -0.295 e. The van der Waals surface area contributed by atoms with Crippen molar-refractivity contribution in [3.05, 3.63) is 35.9 Å². The maximum Gasteiger partial charge on any atom is 0.0773 e. The van der Waals surface area contributed by atoms with Crippen molar-refractivity contribution in [2.24, 2.45) is 0 Å². The summed E-state index contributed by atoms with van der Waals surface area (Å²) in [6.45, 7) is 4.36. The normalized spacial score (nSPS) is 20.0. The van der Waals surface area contributed by atoms with Crippen LogP contribution in [0.1, 0.15) is 23.7 Å². The molecule has 5 heteroatoms. The Morgan fingerprint density at radius 2 is 2.22 bits per heavy atom. The Bertz CT molecular complexity index is 536. The molecular formula is C13H17N5. The summed E-state index contributed by atoms with van der Waals surface area (Å²) in [7, 11) is 0. The lowest BCUT2D eigenvalue weighted by molar-refractivity contribution is 0.0906. The van der Waals surface area contributed by atoms with Crippen molar-refractivity contribution >= 4 is 0 Å². The predicted molar refractivity (Wildman–Crippen MR) is 67.1 cm³/mol. The molecule has 0 radical (unpaired) electrons. The van der Waals surface area contributed by atoms with E-state index >= 15 is 0 Å². The minimum absolute atomic E-state index is 0.559. The molecule has 4 heterocycles. The number of aryl methyl sites for hydroxylation is 1. The van der Waals surface area contributed by atoms with Crippen molar-refractivity contribution < 1.29 is 0 Å². The molecule has 0 N–H and O–H groups in total. The molecule has 0 bridgehead atoms. The summed E-state index contributed by atoms with van der Waals surface area (Å²) in [6.07, 6.45) is 8.42. The number of hydrogen-bond donors (Lipinski definition) is 0. The van der Waals surface area contributed by atoms with Gasteiger partial charge in [-0.2, -0.15) is 10.2 Å². The van der Waals surface area contributed by atoms with E-state index in [1.807, 2.05) is 12.3 Å². The molecule has 94 valence electrons. The summed E-state index contributed by atoms with van der Waals surface area (Å²) in [5.41, 5.74) is 2.88. The van der Waals surface area contributed by atoms with Gasteiger partial charge in [0.25, 0.3) is 0 Å². The molecule has 2 aromatic rings. The van der Waals surface area contributed by atoms with Crippen LogP contribution >= 0.6 is 0 Å². The Morgan fingerprint density at radius 3 is 3.06 bits per heavy atom. The quantitative estimate of drug-likeness (QED) is 0.810. The smallest absolute Gasteiger partial charge is 0.0773 e. The minimum atomic E-state index is 0.559. The standard InChI is InChI=1S/C13H17N5/c1-3-13-11(7-15-18(13)5-1)8-16-9-12(10-16)17-6-2-4-14-17/h2,4,6-7,12H,1,3,5,8-10H2. The van der Waals surface area contributed by atoms with Gasteiger partial charge < -0.3 is 0 Å². The van der Waals surface area contributed by atoms with E-state index < -0.39 is 0 Å². The summed E-state index contributed by atoms with van der Waals surface area (Å²) in [6, 6.07) is 2.55. The highest BCUT2D eigenvalue weighted by atomic mass is 15.4. The van der Waals surface area contributed by atoms with E-state index in [2.05, 4.69) is 36.9 Å². The van der Waals surface area contributed by atoms with E-state index in [0.717, 1.165) is 26.2 Å². The van der Waals surface area contributed by atoms with Gasteiger partial charge in [0.2, 0.25) is 0 Å². The highest BCUT2D eigenvalue weighted by molar-refractivity contribution is 5.20.